The lowest BCUT2D eigenvalue weighted by Gasteiger charge is -2.16. The quantitative estimate of drug-likeness (QED) is 0.173. The molecule has 0 unspecified atom stereocenters. The zero-order chi connectivity index (χ0) is 33.9. The van der Waals surface area contributed by atoms with Gasteiger partial charge in [-0.2, -0.15) is 0 Å². The first-order chi connectivity index (χ1) is 24.6. The number of aryl methyl sites for hydroxylation is 1. The van der Waals surface area contributed by atoms with Crippen LogP contribution in [0.4, 0.5) is 5.69 Å². The first-order valence-corrected chi connectivity index (χ1v) is 17.1. The van der Waals surface area contributed by atoms with E-state index in [9.17, 15) is 0 Å². The molecule has 8 aromatic rings. The minimum atomic E-state index is 0.760. The molecule has 8 rings (SSSR count). The van der Waals surface area contributed by atoms with Crippen LogP contribution in [0.25, 0.3) is 77.9 Å². The van der Waals surface area contributed by atoms with Crippen molar-refractivity contribution >= 4 is 5.69 Å². The molecule has 0 bridgehead atoms. The summed E-state index contributed by atoms with van der Waals surface area (Å²) in [5, 5.41) is 0. The molecule has 2 N–H and O–H groups in total. The van der Waals surface area contributed by atoms with Crippen LogP contribution in [-0.2, 0) is 0 Å². The normalized spacial score (nSPS) is 11.0. The second-order valence-corrected chi connectivity index (χ2v) is 13.0. The molecule has 0 saturated heterocycles. The van der Waals surface area contributed by atoms with E-state index in [0.29, 0.717) is 0 Å². The number of rotatable bonds is 7. The number of nitrogens with two attached hydrogens (primary N) is 1. The Labute approximate surface area is 295 Å². The lowest BCUT2D eigenvalue weighted by Crippen LogP contribution is -1.91. The van der Waals surface area contributed by atoms with Gasteiger partial charge in [-0.1, -0.05) is 133 Å². The van der Waals surface area contributed by atoms with Crippen LogP contribution in [0.2, 0.25) is 0 Å². The zero-order valence-corrected chi connectivity index (χ0v) is 28.1. The number of nitrogen functional groups attached to an aromatic ring is 1. The van der Waals surface area contributed by atoms with Gasteiger partial charge in [0.15, 0.2) is 0 Å². The van der Waals surface area contributed by atoms with Gasteiger partial charge in [0.25, 0.3) is 0 Å². The summed E-state index contributed by atoms with van der Waals surface area (Å²) in [7, 11) is 0. The van der Waals surface area contributed by atoms with E-state index in [1.54, 1.807) is 0 Å². The highest BCUT2D eigenvalue weighted by Crippen LogP contribution is 2.39. The van der Waals surface area contributed by atoms with Gasteiger partial charge in [-0.25, -0.2) is 0 Å². The highest BCUT2D eigenvalue weighted by Gasteiger charge is 2.14. The van der Waals surface area contributed by atoms with E-state index in [0.717, 1.165) is 27.9 Å². The Kier molecular flexibility index (Phi) is 8.39. The molecule has 0 radical (unpaired) electrons. The minimum Gasteiger partial charge on any atom is -0.399 e. The second kappa shape index (κ2) is 13.6. The highest BCUT2D eigenvalue weighted by molar-refractivity contribution is 5.88. The Hall–Kier alpha value is -6.44. The van der Waals surface area contributed by atoms with Crippen molar-refractivity contribution in [1.82, 2.24) is 0 Å². The van der Waals surface area contributed by atoms with Gasteiger partial charge in [0.2, 0.25) is 0 Å². The predicted octanol–water partition coefficient (Wildman–Crippen LogP) is 13.2. The molecular formula is C49H37N. The van der Waals surface area contributed by atoms with Crippen LogP contribution in [0, 0.1) is 6.92 Å². The largest absolute Gasteiger partial charge is 0.399 e. The van der Waals surface area contributed by atoms with E-state index in [-0.39, 0.29) is 0 Å². The van der Waals surface area contributed by atoms with Gasteiger partial charge in [0.1, 0.15) is 0 Å². The van der Waals surface area contributed by atoms with Gasteiger partial charge in [-0.05, 0) is 152 Å². The van der Waals surface area contributed by atoms with Crippen molar-refractivity contribution in [3.05, 3.63) is 200 Å². The fourth-order valence-corrected chi connectivity index (χ4v) is 6.70. The Bertz CT molecular complexity index is 2240. The molecule has 0 atom stereocenters. The van der Waals surface area contributed by atoms with Crippen molar-refractivity contribution in [3.63, 3.8) is 0 Å². The summed E-state index contributed by atoms with van der Waals surface area (Å²) < 4.78 is 0. The molecule has 0 aliphatic rings. The monoisotopic (exact) mass is 639 g/mol. The molecule has 238 valence electrons. The molecule has 0 spiro atoms. The Morgan fingerprint density at radius 2 is 0.460 bits per heavy atom. The molecule has 1 heteroatoms. The molecule has 0 heterocycles. The van der Waals surface area contributed by atoms with Gasteiger partial charge in [-0.15, -0.1) is 0 Å². The summed E-state index contributed by atoms with van der Waals surface area (Å²) in [5.41, 5.74) is 24.6. The Morgan fingerprint density at radius 1 is 0.240 bits per heavy atom. The third-order valence-electron chi connectivity index (χ3n) is 9.42. The minimum absolute atomic E-state index is 0.760. The number of hydrogen-bond acceptors (Lipinski definition) is 1. The summed E-state index contributed by atoms with van der Waals surface area (Å²) >= 11 is 0. The molecule has 1 nitrogen and oxygen atoms in total. The highest BCUT2D eigenvalue weighted by atomic mass is 14.5. The van der Waals surface area contributed by atoms with Gasteiger partial charge < -0.3 is 5.73 Å². The lowest BCUT2D eigenvalue weighted by atomic mass is 9.88. The molecule has 0 aliphatic carbocycles. The van der Waals surface area contributed by atoms with Crippen molar-refractivity contribution in [2.75, 3.05) is 5.73 Å². The molecule has 50 heavy (non-hydrogen) atoms. The van der Waals surface area contributed by atoms with Gasteiger partial charge in [-0.3, -0.25) is 0 Å². The second-order valence-electron chi connectivity index (χ2n) is 13.0. The van der Waals surface area contributed by atoms with E-state index in [4.69, 9.17) is 5.73 Å². The summed E-state index contributed by atoms with van der Waals surface area (Å²) in [6, 6.07) is 69.9. The number of anilines is 1. The lowest BCUT2D eigenvalue weighted by molar-refractivity contribution is 1.47. The van der Waals surface area contributed by atoms with Crippen LogP contribution >= 0.6 is 0 Å². The van der Waals surface area contributed by atoms with Crippen molar-refractivity contribution in [3.8, 4) is 77.9 Å². The van der Waals surface area contributed by atoms with Crippen molar-refractivity contribution in [1.29, 1.82) is 0 Å². The van der Waals surface area contributed by atoms with Gasteiger partial charge >= 0.3 is 0 Å². The zero-order valence-electron chi connectivity index (χ0n) is 28.1. The van der Waals surface area contributed by atoms with E-state index in [1.165, 1.54) is 61.2 Å². The SMILES string of the molecule is Cc1ccc(-c2cc(-c3ccccc3)cc(-c3cc(-c4ccccc4)cc(-c4cc(-c5ccccc5)cc(-c5ccc(N)cc5)c4)c3)c2)cc1. The van der Waals surface area contributed by atoms with Gasteiger partial charge in [0, 0.05) is 5.69 Å². The summed E-state index contributed by atoms with van der Waals surface area (Å²) in [6.45, 7) is 2.14. The van der Waals surface area contributed by atoms with Crippen LogP contribution < -0.4 is 5.73 Å². The standard InChI is InChI=1S/C49H37N/c1-34-17-19-38(20-18-34)43-25-40(35-11-5-2-6-12-35)27-45(31-43)47-29-42(37-15-9-4-10-16-37)30-48(33-47)46-28-41(36-13-7-3-8-14-36)26-44(32-46)39-21-23-49(50)24-22-39/h2-33H,50H2,1H3. The third kappa shape index (κ3) is 6.63. The fourth-order valence-electron chi connectivity index (χ4n) is 6.70. The molecule has 0 saturated carbocycles. The fraction of sp³-hybridized carbons (Fsp3) is 0.0204. The molecule has 0 amide bonds. The first kappa shape index (κ1) is 30.9. The average molecular weight is 640 g/mol. The van der Waals surface area contributed by atoms with Crippen LogP contribution in [-0.4, -0.2) is 0 Å². The number of benzene rings is 8. The van der Waals surface area contributed by atoms with Crippen molar-refractivity contribution in [2.45, 2.75) is 6.92 Å². The van der Waals surface area contributed by atoms with Crippen LogP contribution in [0.15, 0.2) is 194 Å². The maximum Gasteiger partial charge on any atom is 0.0314 e. The van der Waals surface area contributed by atoms with E-state index >= 15 is 0 Å². The molecule has 0 aromatic heterocycles. The van der Waals surface area contributed by atoms with Crippen molar-refractivity contribution < 1.29 is 0 Å². The van der Waals surface area contributed by atoms with E-state index in [2.05, 4.69) is 189 Å². The van der Waals surface area contributed by atoms with Crippen LogP contribution in [0.3, 0.4) is 0 Å². The summed E-state index contributed by atoms with van der Waals surface area (Å²) in [6.07, 6.45) is 0. The predicted molar refractivity (Wildman–Crippen MR) is 214 cm³/mol. The Balaban J connectivity index is 1.36. The summed E-state index contributed by atoms with van der Waals surface area (Å²) in [5.74, 6) is 0. The molecule has 0 fully saturated rings. The van der Waals surface area contributed by atoms with E-state index < -0.39 is 0 Å². The molecule has 8 aromatic carbocycles. The van der Waals surface area contributed by atoms with E-state index in [1.807, 2.05) is 12.1 Å². The third-order valence-corrected chi connectivity index (χ3v) is 9.42. The maximum absolute atomic E-state index is 6.09. The number of hydrogen-bond donors (Lipinski definition) is 1. The Morgan fingerprint density at radius 3 is 0.740 bits per heavy atom. The average Bonchev–Trinajstić information content (AvgIpc) is 3.19. The van der Waals surface area contributed by atoms with Crippen molar-refractivity contribution in [2.24, 2.45) is 0 Å². The topological polar surface area (TPSA) is 26.0 Å². The molecular weight excluding hydrogens is 603 g/mol. The van der Waals surface area contributed by atoms with Crippen LogP contribution in [0.1, 0.15) is 5.56 Å². The smallest absolute Gasteiger partial charge is 0.0314 e. The molecule has 0 aliphatic heterocycles. The van der Waals surface area contributed by atoms with Gasteiger partial charge in [0.05, 0.1) is 0 Å². The first-order valence-electron chi connectivity index (χ1n) is 17.1. The maximum atomic E-state index is 6.09. The van der Waals surface area contributed by atoms with Crippen LogP contribution in [0.5, 0.6) is 0 Å². The summed E-state index contributed by atoms with van der Waals surface area (Å²) in [4.78, 5) is 0.